The molecule has 1 fully saturated rings. The minimum absolute atomic E-state index is 0.0389. The Morgan fingerprint density at radius 3 is 2.87 bits per heavy atom. The van der Waals surface area contributed by atoms with E-state index in [2.05, 4.69) is 5.32 Å². The van der Waals surface area contributed by atoms with Crippen LogP contribution >= 0.6 is 0 Å². The number of aliphatic hydroxyl groups is 1. The molecule has 4 heteroatoms. The number of methoxy groups -OCH3 is 1. The molecular weight excluding hydrogens is 194 g/mol. The van der Waals surface area contributed by atoms with Crippen LogP contribution in [-0.4, -0.2) is 37.4 Å². The number of hydrogen-bond donors (Lipinski definition) is 2. The van der Waals surface area contributed by atoms with Crippen molar-refractivity contribution in [2.75, 3.05) is 20.3 Å². The average Bonchev–Trinajstić information content (AvgIpc) is 2.13. The van der Waals surface area contributed by atoms with Crippen LogP contribution in [0.3, 0.4) is 0 Å². The third kappa shape index (κ3) is 5.14. The Kier molecular flexibility index (Phi) is 5.65. The number of amides is 1. The van der Waals surface area contributed by atoms with E-state index in [4.69, 9.17) is 4.74 Å². The highest BCUT2D eigenvalue weighted by Crippen LogP contribution is 2.30. The first-order valence-corrected chi connectivity index (χ1v) is 5.66. The molecule has 0 aliphatic heterocycles. The van der Waals surface area contributed by atoms with Crippen LogP contribution in [0.5, 0.6) is 0 Å². The van der Waals surface area contributed by atoms with Crippen LogP contribution in [0.2, 0.25) is 0 Å². The second-order valence-electron chi connectivity index (χ2n) is 4.25. The predicted molar refractivity (Wildman–Crippen MR) is 57.5 cm³/mol. The van der Waals surface area contributed by atoms with Gasteiger partial charge in [-0.1, -0.05) is 19.3 Å². The van der Waals surface area contributed by atoms with Crippen molar-refractivity contribution in [1.29, 1.82) is 0 Å². The lowest BCUT2D eigenvalue weighted by Gasteiger charge is -2.24. The van der Waals surface area contributed by atoms with Gasteiger partial charge in [0, 0.05) is 20.1 Å². The highest BCUT2D eigenvalue weighted by molar-refractivity contribution is 5.75. The topological polar surface area (TPSA) is 58.6 Å². The maximum atomic E-state index is 11.3. The molecule has 88 valence electrons. The standard InChI is InChI=1S/C11H21NO3/c1-15-8-10(13)7-12-11(14)6-5-9-3-2-4-9/h9-10,13H,2-8H2,1H3,(H,12,14). The Hall–Kier alpha value is -0.610. The van der Waals surface area contributed by atoms with Crippen LogP contribution in [-0.2, 0) is 9.53 Å². The van der Waals surface area contributed by atoms with Gasteiger partial charge in [0.15, 0.2) is 0 Å². The van der Waals surface area contributed by atoms with Crippen molar-refractivity contribution in [3.05, 3.63) is 0 Å². The highest BCUT2D eigenvalue weighted by atomic mass is 16.5. The minimum Gasteiger partial charge on any atom is -0.389 e. The number of rotatable bonds is 7. The summed E-state index contributed by atoms with van der Waals surface area (Å²) in [6.45, 7) is 0.556. The summed E-state index contributed by atoms with van der Waals surface area (Å²) in [6, 6.07) is 0. The van der Waals surface area contributed by atoms with Gasteiger partial charge in [0.05, 0.1) is 12.7 Å². The summed E-state index contributed by atoms with van der Waals surface area (Å²) in [6.07, 6.45) is 4.86. The molecule has 2 N–H and O–H groups in total. The maximum absolute atomic E-state index is 11.3. The summed E-state index contributed by atoms with van der Waals surface area (Å²) in [4.78, 5) is 11.3. The van der Waals surface area contributed by atoms with Gasteiger partial charge in [-0.2, -0.15) is 0 Å². The van der Waals surface area contributed by atoms with Crippen LogP contribution in [0, 0.1) is 5.92 Å². The molecule has 0 aromatic heterocycles. The SMILES string of the molecule is COCC(O)CNC(=O)CCC1CCC1. The molecule has 1 aliphatic rings. The number of aliphatic hydroxyl groups excluding tert-OH is 1. The Morgan fingerprint density at radius 2 is 2.33 bits per heavy atom. The van der Waals surface area contributed by atoms with E-state index < -0.39 is 6.10 Å². The molecule has 15 heavy (non-hydrogen) atoms. The van der Waals surface area contributed by atoms with Crippen molar-refractivity contribution in [1.82, 2.24) is 5.32 Å². The molecule has 1 amide bonds. The summed E-state index contributed by atoms with van der Waals surface area (Å²) in [5, 5.41) is 12.0. The van der Waals surface area contributed by atoms with Gasteiger partial charge in [-0.25, -0.2) is 0 Å². The van der Waals surface area contributed by atoms with Crippen molar-refractivity contribution < 1.29 is 14.6 Å². The molecular formula is C11H21NO3. The van der Waals surface area contributed by atoms with Crippen LogP contribution in [0.1, 0.15) is 32.1 Å². The molecule has 1 unspecified atom stereocenters. The van der Waals surface area contributed by atoms with Crippen LogP contribution in [0.4, 0.5) is 0 Å². The zero-order valence-electron chi connectivity index (χ0n) is 9.37. The van der Waals surface area contributed by atoms with Crippen LogP contribution in [0.25, 0.3) is 0 Å². The molecule has 0 radical (unpaired) electrons. The van der Waals surface area contributed by atoms with E-state index >= 15 is 0 Å². The highest BCUT2D eigenvalue weighted by Gasteiger charge is 2.18. The Morgan fingerprint density at radius 1 is 1.60 bits per heavy atom. The summed E-state index contributed by atoms with van der Waals surface area (Å²) in [7, 11) is 1.53. The number of hydrogen-bond acceptors (Lipinski definition) is 3. The lowest BCUT2D eigenvalue weighted by Crippen LogP contribution is -2.34. The first-order valence-electron chi connectivity index (χ1n) is 5.66. The molecule has 0 aromatic carbocycles. The molecule has 4 nitrogen and oxygen atoms in total. The fourth-order valence-electron chi connectivity index (χ4n) is 1.69. The number of nitrogens with one attached hydrogen (secondary N) is 1. The lowest BCUT2D eigenvalue weighted by atomic mass is 9.82. The van der Waals surface area contributed by atoms with E-state index in [-0.39, 0.29) is 19.1 Å². The van der Waals surface area contributed by atoms with Gasteiger partial charge >= 0.3 is 0 Å². The monoisotopic (exact) mass is 215 g/mol. The second kappa shape index (κ2) is 6.80. The van der Waals surface area contributed by atoms with E-state index in [0.717, 1.165) is 12.3 Å². The van der Waals surface area contributed by atoms with Crippen molar-refractivity contribution in [2.24, 2.45) is 5.92 Å². The lowest BCUT2D eigenvalue weighted by molar-refractivity contribution is -0.122. The molecule has 1 rings (SSSR count). The van der Waals surface area contributed by atoms with E-state index in [0.29, 0.717) is 6.42 Å². The maximum Gasteiger partial charge on any atom is 0.220 e. The molecule has 0 spiro atoms. The van der Waals surface area contributed by atoms with Gasteiger partial charge in [0.25, 0.3) is 0 Å². The molecule has 1 atom stereocenters. The molecule has 0 heterocycles. The van der Waals surface area contributed by atoms with Crippen LogP contribution < -0.4 is 5.32 Å². The quantitative estimate of drug-likeness (QED) is 0.657. The first-order chi connectivity index (χ1) is 7.22. The normalized spacial score (nSPS) is 18.3. The van der Waals surface area contributed by atoms with E-state index in [1.807, 2.05) is 0 Å². The van der Waals surface area contributed by atoms with Gasteiger partial charge in [0.1, 0.15) is 0 Å². The van der Waals surface area contributed by atoms with Gasteiger partial charge in [-0.15, -0.1) is 0 Å². The Bertz CT molecular complexity index is 192. The number of carbonyl (C=O) groups excluding carboxylic acids is 1. The Labute approximate surface area is 91.0 Å². The summed E-state index contributed by atoms with van der Waals surface area (Å²) in [5.41, 5.74) is 0. The summed E-state index contributed by atoms with van der Waals surface area (Å²) >= 11 is 0. The fraction of sp³-hybridized carbons (Fsp3) is 0.909. The minimum atomic E-state index is -0.595. The largest absolute Gasteiger partial charge is 0.389 e. The van der Waals surface area contributed by atoms with Crippen molar-refractivity contribution in [3.8, 4) is 0 Å². The molecule has 0 bridgehead atoms. The van der Waals surface area contributed by atoms with Gasteiger partial charge in [-0.05, 0) is 12.3 Å². The smallest absolute Gasteiger partial charge is 0.220 e. The Balaban J connectivity index is 1.97. The second-order valence-corrected chi connectivity index (χ2v) is 4.25. The molecule has 0 aromatic rings. The predicted octanol–water partition coefficient (Wildman–Crippen LogP) is 0.690. The van der Waals surface area contributed by atoms with E-state index in [1.54, 1.807) is 0 Å². The number of ether oxygens (including phenoxy) is 1. The molecule has 1 saturated carbocycles. The van der Waals surface area contributed by atoms with Gasteiger partial charge in [-0.3, -0.25) is 4.79 Å². The number of carbonyl (C=O) groups is 1. The first kappa shape index (κ1) is 12.5. The van der Waals surface area contributed by atoms with Gasteiger partial charge < -0.3 is 15.2 Å². The molecule has 0 saturated heterocycles. The van der Waals surface area contributed by atoms with Crippen molar-refractivity contribution in [2.45, 2.75) is 38.2 Å². The summed E-state index contributed by atoms with van der Waals surface area (Å²) in [5.74, 6) is 0.803. The average molecular weight is 215 g/mol. The van der Waals surface area contributed by atoms with Crippen molar-refractivity contribution >= 4 is 5.91 Å². The fourth-order valence-corrected chi connectivity index (χ4v) is 1.69. The third-order valence-corrected chi connectivity index (χ3v) is 2.90. The van der Waals surface area contributed by atoms with E-state index in [1.165, 1.54) is 26.4 Å². The van der Waals surface area contributed by atoms with E-state index in [9.17, 15) is 9.90 Å². The third-order valence-electron chi connectivity index (χ3n) is 2.90. The summed E-state index contributed by atoms with van der Waals surface area (Å²) < 4.78 is 4.76. The zero-order chi connectivity index (χ0) is 11.1. The van der Waals surface area contributed by atoms with Gasteiger partial charge in [0.2, 0.25) is 5.91 Å². The van der Waals surface area contributed by atoms with Crippen LogP contribution in [0.15, 0.2) is 0 Å². The van der Waals surface area contributed by atoms with Crippen molar-refractivity contribution in [3.63, 3.8) is 0 Å². The zero-order valence-corrected chi connectivity index (χ0v) is 9.37. The molecule has 1 aliphatic carbocycles.